The lowest BCUT2D eigenvalue weighted by Gasteiger charge is -2.07. The second-order valence-electron chi connectivity index (χ2n) is 3.81. The largest absolute Gasteiger partial charge is 0.398 e. The predicted octanol–water partition coefficient (Wildman–Crippen LogP) is 3.09. The fraction of sp³-hybridized carbons (Fsp3) is 0.250. The molecule has 0 fully saturated rings. The highest BCUT2D eigenvalue weighted by Gasteiger charge is 2.02. The molecule has 1 aromatic carbocycles. The molecule has 0 unspecified atom stereocenters. The van der Waals surface area contributed by atoms with Crippen LogP contribution in [0.25, 0.3) is 0 Å². The molecule has 3 nitrogen and oxygen atoms in total. The van der Waals surface area contributed by atoms with E-state index in [2.05, 4.69) is 26.2 Å². The molecule has 1 heterocycles. The number of nitrogens with zero attached hydrogens (tertiary/aromatic N) is 1. The van der Waals surface area contributed by atoms with Crippen molar-refractivity contribution >= 4 is 33.0 Å². The zero-order chi connectivity index (χ0) is 12.3. The maximum Gasteiger partial charge on any atom is 0.0798 e. The summed E-state index contributed by atoms with van der Waals surface area (Å²) in [6, 6.07) is 5.96. The summed E-state index contributed by atoms with van der Waals surface area (Å²) in [4.78, 5) is 5.50. The number of aromatic nitrogens is 1. The van der Waals surface area contributed by atoms with Crippen molar-refractivity contribution in [1.29, 1.82) is 0 Å². The standard InChI is InChI=1S/C12H14BrN3S/c1-8-12(17-7-16-8)6-15-5-9-2-3-10(13)4-11(9)14/h2-4,7,15H,5-6,14H2,1H3. The number of thiazole rings is 1. The monoisotopic (exact) mass is 311 g/mol. The number of nitrogens with one attached hydrogen (secondary N) is 1. The molecule has 2 aromatic rings. The summed E-state index contributed by atoms with van der Waals surface area (Å²) in [6.45, 7) is 3.64. The number of anilines is 1. The molecule has 0 aliphatic carbocycles. The van der Waals surface area contributed by atoms with Crippen molar-refractivity contribution in [2.24, 2.45) is 0 Å². The smallest absolute Gasteiger partial charge is 0.0798 e. The Hall–Kier alpha value is -0.910. The number of halogens is 1. The van der Waals surface area contributed by atoms with Crippen molar-refractivity contribution in [1.82, 2.24) is 10.3 Å². The minimum absolute atomic E-state index is 0.774. The normalized spacial score (nSPS) is 10.7. The molecule has 0 aliphatic heterocycles. The number of rotatable bonds is 4. The first kappa shape index (κ1) is 12.5. The first-order valence-corrected chi connectivity index (χ1v) is 6.97. The Morgan fingerprint density at radius 2 is 2.24 bits per heavy atom. The third-order valence-corrected chi connectivity index (χ3v) is 3.98. The van der Waals surface area contributed by atoms with Gasteiger partial charge < -0.3 is 11.1 Å². The zero-order valence-electron chi connectivity index (χ0n) is 9.53. The van der Waals surface area contributed by atoms with Crippen LogP contribution in [0.3, 0.4) is 0 Å². The Bertz CT molecular complexity index is 510. The number of hydrogen-bond acceptors (Lipinski definition) is 4. The molecule has 0 atom stereocenters. The van der Waals surface area contributed by atoms with Gasteiger partial charge >= 0.3 is 0 Å². The lowest BCUT2D eigenvalue weighted by Crippen LogP contribution is -2.13. The van der Waals surface area contributed by atoms with Crippen LogP contribution in [0.5, 0.6) is 0 Å². The molecule has 0 radical (unpaired) electrons. The van der Waals surface area contributed by atoms with Crippen molar-refractivity contribution in [3.05, 3.63) is 44.3 Å². The Kier molecular flexibility index (Phi) is 4.15. The average molecular weight is 312 g/mol. The number of hydrogen-bond donors (Lipinski definition) is 2. The maximum atomic E-state index is 5.93. The molecule has 0 amide bonds. The lowest BCUT2D eigenvalue weighted by atomic mass is 10.2. The summed E-state index contributed by atoms with van der Waals surface area (Å²) in [5.41, 5.74) is 10.8. The minimum atomic E-state index is 0.774. The molecule has 0 bridgehead atoms. The van der Waals surface area contributed by atoms with E-state index in [1.807, 2.05) is 30.6 Å². The van der Waals surface area contributed by atoms with Crippen molar-refractivity contribution in [3.63, 3.8) is 0 Å². The van der Waals surface area contributed by atoms with Crippen LogP contribution in [0.15, 0.2) is 28.2 Å². The molecule has 0 saturated heterocycles. The number of nitrogen functional groups attached to an aromatic ring is 1. The molecule has 17 heavy (non-hydrogen) atoms. The quantitative estimate of drug-likeness (QED) is 0.853. The highest BCUT2D eigenvalue weighted by molar-refractivity contribution is 9.10. The second kappa shape index (κ2) is 5.62. The van der Waals surface area contributed by atoms with Gasteiger partial charge in [0.15, 0.2) is 0 Å². The van der Waals surface area contributed by atoms with Crippen LogP contribution in [0.1, 0.15) is 16.1 Å². The summed E-state index contributed by atoms with van der Waals surface area (Å²) < 4.78 is 1.01. The fourth-order valence-electron chi connectivity index (χ4n) is 1.53. The van der Waals surface area contributed by atoms with Crippen LogP contribution in [0.4, 0.5) is 5.69 Å². The SMILES string of the molecule is Cc1ncsc1CNCc1ccc(Br)cc1N. The Morgan fingerprint density at radius 1 is 1.41 bits per heavy atom. The van der Waals surface area contributed by atoms with Gasteiger partial charge in [0.25, 0.3) is 0 Å². The first-order chi connectivity index (χ1) is 8.16. The molecule has 3 N–H and O–H groups in total. The van der Waals surface area contributed by atoms with Crippen molar-refractivity contribution in [3.8, 4) is 0 Å². The van der Waals surface area contributed by atoms with Gasteiger partial charge in [-0.2, -0.15) is 0 Å². The van der Waals surface area contributed by atoms with Crippen LogP contribution in [-0.4, -0.2) is 4.98 Å². The van der Waals surface area contributed by atoms with Gasteiger partial charge in [-0.05, 0) is 24.6 Å². The van der Waals surface area contributed by atoms with Gasteiger partial charge in [-0.1, -0.05) is 22.0 Å². The van der Waals surface area contributed by atoms with Gasteiger partial charge in [-0.25, -0.2) is 4.98 Å². The van der Waals surface area contributed by atoms with E-state index >= 15 is 0 Å². The number of nitrogens with two attached hydrogens (primary N) is 1. The molecule has 1 aromatic heterocycles. The molecule has 5 heteroatoms. The van der Waals surface area contributed by atoms with E-state index in [0.29, 0.717) is 0 Å². The lowest BCUT2D eigenvalue weighted by molar-refractivity contribution is 0.698. The third-order valence-electron chi connectivity index (χ3n) is 2.55. The van der Waals surface area contributed by atoms with E-state index in [4.69, 9.17) is 5.73 Å². The van der Waals surface area contributed by atoms with E-state index < -0.39 is 0 Å². The van der Waals surface area contributed by atoms with E-state index in [9.17, 15) is 0 Å². The summed E-state index contributed by atoms with van der Waals surface area (Å²) in [7, 11) is 0. The van der Waals surface area contributed by atoms with Crippen LogP contribution in [0, 0.1) is 6.92 Å². The molecule has 0 spiro atoms. The van der Waals surface area contributed by atoms with E-state index in [-0.39, 0.29) is 0 Å². The molecule has 0 saturated carbocycles. The highest BCUT2D eigenvalue weighted by Crippen LogP contribution is 2.18. The zero-order valence-corrected chi connectivity index (χ0v) is 11.9. The fourth-order valence-corrected chi connectivity index (χ4v) is 2.66. The van der Waals surface area contributed by atoms with Crippen molar-refractivity contribution in [2.45, 2.75) is 20.0 Å². The van der Waals surface area contributed by atoms with E-state index in [0.717, 1.165) is 34.5 Å². The van der Waals surface area contributed by atoms with Gasteiger partial charge in [-0.15, -0.1) is 11.3 Å². The average Bonchev–Trinajstić information content (AvgIpc) is 2.68. The third kappa shape index (κ3) is 3.28. The van der Waals surface area contributed by atoms with Gasteiger partial charge in [-0.3, -0.25) is 0 Å². The van der Waals surface area contributed by atoms with Crippen LogP contribution >= 0.6 is 27.3 Å². The summed E-state index contributed by atoms with van der Waals surface area (Å²) in [5.74, 6) is 0. The van der Waals surface area contributed by atoms with Crippen LogP contribution in [0.2, 0.25) is 0 Å². The highest BCUT2D eigenvalue weighted by atomic mass is 79.9. The summed E-state index contributed by atoms with van der Waals surface area (Å²) in [5, 5.41) is 3.38. The summed E-state index contributed by atoms with van der Waals surface area (Å²) in [6.07, 6.45) is 0. The Balaban J connectivity index is 1.92. The number of aryl methyl sites for hydroxylation is 1. The Morgan fingerprint density at radius 3 is 2.88 bits per heavy atom. The van der Waals surface area contributed by atoms with E-state index in [1.165, 1.54) is 4.88 Å². The first-order valence-electron chi connectivity index (χ1n) is 5.30. The van der Waals surface area contributed by atoms with Crippen LogP contribution < -0.4 is 11.1 Å². The molecular weight excluding hydrogens is 298 g/mol. The van der Waals surface area contributed by atoms with E-state index in [1.54, 1.807) is 11.3 Å². The van der Waals surface area contributed by atoms with Gasteiger partial charge in [0.05, 0.1) is 11.2 Å². The minimum Gasteiger partial charge on any atom is -0.398 e. The van der Waals surface area contributed by atoms with Gasteiger partial charge in [0.2, 0.25) is 0 Å². The van der Waals surface area contributed by atoms with Gasteiger partial charge in [0, 0.05) is 28.1 Å². The van der Waals surface area contributed by atoms with Crippen molar-refractivity contribution < 1.29 is 0 Å². The second-order valence-corrected chi connectivity index (χ2v) is 5.66. The predicted molar refractivity (Wildman–Crippen MR) is 75.9 cm³/mol. The van der Waals surface area contributed by atoms with Crippen LogP contribution in [-0.2, 0) is 13.1 Å². The topological polar surface area (TPSA) is 50.9 Å². The number of benzene rings is 1. The molecular formula is C12H14BrN3S. The summed E-state index contributed by atoms with van der Waals surface area (Å²) >= 11 is 5.08. The molecule has 2 rings (SSSR count). The maximum absolute atomic E-state index is 5.93. The van der Waals surface area contributed by atoms with Crippen molar-refractivity contribution in [2.75, 3.05) is 5.73 Å². The Labute approximate surface area is 113 Å². The molecule has 0 aliphatic rings. The molecule has 90 valence electrons. The van der Waals surface area contributed by atoms with Gasteiger partial charge in [0.1, 0.15) is 0 Å².